The Labute approximate surface area is 186 Å². The van der Waals surface area contributed by atoms with Crippen molar-refractivity contribution >= 4 is 38.6 Å². The zero-order valence-corrected chi connectivity index (χ0v) is 19.1. The highest BCUT2D eigenvalue weighted by molar-refractivity contribution is 7.22. The third-order valence-electron chi connectivity index (χ3n) is 5.15. The van der Waals surface area contributed by atoms with Crippen molar-refractivity contribution in [1.29, 1.82) is 0 Å². The SMILES string of the molecule is CCN(CC)CCN(C(=O)c1ccc(C(=O)OC)cc1)c1nc2c(OC)cccc2s1. The summed E-state index contributed by atoms with van der Waals surface area (Å²) >= 11 is 1.46. The first kappa shape index (κ1) is 22.7. The molecule has 0 aliphatic carbocycles. The van der Waals surface area contributed by atoms with E-state index < -0.39 is 5.97 Å². The van der Waals surface area contributed by atoms with Crippen LogP contribution >= 0.6 is 11.3 Å². The molecule has 7 nitrogen and oxygen atoms in total. The van der Waals surface area contributed by atoms with Crippen molar-refractivity contribution in [1.82, 2.24) is 9.88 Å². The van der Waals surface area contributed by atoms with Gasteiger partial charge >= 0.3 is 5.97 Å². The lowest BCUT2D eigenvalue weighted by molar-refractivity contribution is 0.0600. The van der Waals surface area contributed by atoms with Crippen LogP contribution in [-0.2, 0) is 4.74 Å². The van der Waals surface area contributed by atoms with Gasteiger partial charge in [-0.2, -0.15) is 0 Å². The highest BCUT2D eigenvalue weighted by Crippen LogP contribution is 2.34. The summed E-state index contributed by atoms with van der Waals surface area (Å²) in [6, 6.07) is 12.2. The maximum absolute atomic E-state index is 13.4. The highest BCUT2D eigenvalue weighted by atomic mass is 32.1. The van der Waals surface area contributed by atoms with Gasteiger partial charge in [-0.15, -0.1) is 0 Å². The number of esters is 1. The van der Waals surface area contributed by atoms with E-state index in [0.29, 0.717) is 28.6 Å². The number of likely N-dealkylation sites (N-methyl/N-ethyl adjacent to an activating group) is 1. The molecule has 3 aromatic rings. The van der Waals surface area contributed by atoms with Crippen LogP contribution in [0.25, 0.3) is 10.2 Å². The summed E-state index contributed by atoms with van der Waals surface area (Å²) in [5.74, 6) is 0.0795. The van der Waals surface area contributed by atoms with E-state index in [2.05, 4.69) is 18.7 Å². The van der Waals surface area contributed by atoms with Crippen LogP contribution in [-0.4, -0.2) is 62.2 Å². The standard InChI is InChI=1S/C23H27N3O4S/c1-5-25(6-2)14-15-26(21(27)16-10-12-17(13-11-16)22(28)30-4)23-24-20-18(29-3)8-7-9-19(20)31-23/h7-13H,5-6,14-15H2,1-4H3. The molecule has 0 fully saturated rings. The first-order chi connectivity index (χ1) is 15.0. The van der Waals surface area contributed by atoms with E-state index in [4.69, 9.17) is 14.5 Å². The average molecular weight is 442 g/mol. The van der Waals surface area contributed by atoms with Gasteiger partial charge in [0.2, 0.25) is 0 Å². The maximum Gasteiger partial charge on any atom is 0.337 e. The summed E-state index contributed by atoms with van der Waals surface area (Å²) < 4.78 is 11.1. The van der Waals surface area contributed by atoms with Crippen LogP contribution in [0.3, 0.4) is 0 Å². The quantitative estimate of drug-likeness (QED) is 0.466. The van der Waals surface area contributed by atoms with Crippen LogP contribution in [0, 0.1) is 0 Å². The van der Waals surface area contributed by atoms with Crippen molar-refractivity contribution in [2.24, 2.45) is 0 Å². The molecule has 0 bridgehead atoms. The molecule has 0 spiro atoms. The van der Waals surface area contributed by atoms with E-state index in [1.54, 1.807) is 36.3 Å². The molecule has 0 aliphatic heterocycles. The molecule has 0 N–H and O–H groups in total. The Hall–Kier alpha value is -2.97. The number of fused-ring (bicyclic) bond motifs is 1. The Morgan fingerprint density at radius 1 is 0.968 bits per heavy atom. The van der Waals surface area contributed by atoms with Gasteiger partial charge in [-0.3, -0.25) is 9.69 Å². The molecule has 0 radical (unpaired) electrons. The lowest BCUT2D eigenvalue weighted by atomic mass is 10.1. The van der Waals surface area contributed by atoms with Crippen LogP contribution in [0.15, 0.2) is 42.5 Å². The summed E-state index contributed by atoms with van der Waals surface area (Å²) in [5, 5.41) is 0.619. The number of thiazole rings is 1. The number of hydrogen-bond donors (Lipinski definition) is 0. The predicted octanol–water partition coefficient (Wildman–Crippen LogP) is 4.08. The molecule has 2 aromatic carbocycles. The van der Waals surface area contributed by atoms with Gasteiger partial charge in [0.25, 0.3) is 5.91 Å². The van der Waals surface area contributed by atoms with Crippen LogP contribution in [0.2, 0.25) is 0 Å². The average Bonchev–Trinajstić information content (AvgIpc) is 3.25. The normalized spacial score (nSPS) is 11.0. The number of para-hydroxylation sites is 1. The zero-order chi connectivity index (χ0) is 22.4. The van der Waals surface area contributed by atoms with Gasteiger partial charge in [0, 0.05) is 18.7 Å². The smallest absolute Gasteiger partial charge is 0.337 e. The van der Waals surface area contributed by atoms with Gasteiger partial charge < -0.3 is 14.4 Å². The second-order valence-electron chi connectivity index (χ2n) is 6.86. The zero-order valence-electron chi connectivity index (χ0n) is 18.3. The number of ether oxygens (including phenoxy) is 2. The third-order valence-corrected chi connectivity index (χ3v) is 6.20. The first-order valence-electron chi connectivity index (χ1n) is 10.2. The largest absolute Gasteiger partial charge is 0.494 e. The summed E-state index contributed by atoms with van der Waals surface area (Å²) in [6.45, 7) is 7.24. The van der Waals surface area contributed by atoms with E-state index >= 15 is 0 Å². The molecule has 1 amide bonds. The summed E-state index contributed by atoms with van der Waals surface area (Å²) in [5.41, 5.74) is 1.63. The number of carbonyl (C=O) groups excluding carboxylic acids is 2. The van der Waals surface area contributed by atoms with Crippen LogP contribution < -0.4 is 9.64 Å². The van der Waals surface area contributed by atoms with Crippen molar-refractivity contribution < 1.29 is 19.1 Å². The molecule has 164 valence electrons. The predicted molar refractivity (Wildman–Crippen MR) is 123 cm³/mol. The highest BCUT2D eigenvalue weighted by Gasteiger charge is 2.23. The monoisotopic (exact) mass is 441 g/mol. The van der Waals surface area contributed by atoms with Gasteiger partial charge in [0.15, 0.2) is 5.13 Å². The topological polar surface area (TPSA) is 72.0 Å². The van der Waals surface area contributed by atoms with Gasteiger partial charge in [0.1, 0.15) is 11.3 Å². The molecule has 31 heavy (non-hydrogen) atoms. The van der Waals surface area contributed by atoms with Crippen LogP contribution in [0.5, 0.6) is 5.75 Å². The second kappa shape index (κ2) is 10.4. The van der Waals surface area contributed by atoms with Crippen molar-refractivity contribution in [3.05, 3.63) is 53.6 Å². The van der Waals surface area contributed by atoms with Crippen molar-refractivity contribution in [2.45, 2.75) is 13.8 Å². The lowest BCUT2D eigenvalue weighted by Crippen LogP contribution is -2.38. The molecule has 1 aromatic heterocycles. The minimum atomic E-state index is -0.435. The minimum Gasteiger partial charge on any atom is -0.494 e. The summed E-state index contributed by atoms with van der Waals surface area (Å²) in [6.07, 6.45) is 0. The molecular weight excluding hydrogens is 414 g/mol. The van der Waals surface area contributed by atoms with Gasteiger partial charge in [-0.05, 0) is 49.5 Å². The Kier molecular flexibility index (Phi) is 7.59. The third kappa shape index (κ3) is 5.03. The fourth-order valence-electron chi connectivity index (χ4n) is 3.28. The number of nitrogens with zero attached hydrogens (tertiary/aromatic N) is 3. The van der Waals surface area contributed by atoms with Crippen LogP contribution in [0.4, 0.5) is 5.13 Å². The molecule has 0 atom stereocenters. The molecule has 0 saturated heterocycles. The Morgan fingerprint density at radius 3 is 2.26 bits per heavy atom. The van der Waals surface area contributed by atoms with Crippen molar-refractivity contribution in [3.63, 3.8) is 0 Å². The Balaban J connectivity index is 1.96. The van der Waals surface area contributed by atoms with E-state index in [1.807, 2.05) is 18.2 Å². The van der Waals surface area contributed by atoms with E-state index in [-0.39, 0.29) is 5.91 Å². The number of rotatable bonds is 9. The van der Waals surface area contributed by atoms with E-state index in [1.165, 1.54) is 18.4 Å². The van der Waals surface area contributed by atoms with Gasteiger partial charge in [-0.25, -0.2) is 9.78 Å². The molecule has 0 saturated carbocycles. The fraction of sp³-hybridized carbons (Fsp3) is 0.348. The molecule has 8 heteroatoms. The number of methoxy groups -OCH3 is 2. The van der Waals surface area contributed by atoms with E-state index in [9.17, 15) is 9.59 Å². The molecule has 0 aliphatic rings. The summed E-state index contributed by atoms with van der Waals surface area (Å²) in [4.78, 5) is 33.8. The van der Waals surface area contributed by atoms with Gasteiger partial charge in [0.05, 0.1) is 24.5 Å². The minimum absolute atomic E-state index is 0.165. The van der Waals surface area contributed by atoms with Crippen LogP contribution in [0.1, 0.15) is 34.6 Å². The first-order valence-corrected chi connectivity index (χ1v) is 11.0. The molecule has 1 heterocycles. The molecule has 3 rings (SSSR count). The number of aromatic nitrogens is 1. The lowest BCUT2D eigenvalue weighted by Gasteiger charge is -2.24. The van der Waals surface area contributed by atoms with E-state index in [0.717, 1.165) is 29.9 Å². The van der Waals surface area contributed by atoms with Gasteiger partial charge in [-0.1, -0.05) is 31.3 Å². The number of benzene rings is 2. The summed E-state index contributed by atoms with van der Waals surface area (Å²) in [7, 11) is 2.94. The molecule has 0 unspecified atom stereocenters. The Bertz CT molecular complexity index is 1040. The number of hydrogen-bond acceptors (Lipinski definition) is 7. The van der Waals surface area contributed by atoms with Crippen molar-refractivity contribution in [3.8, 4) is 5.75 Å². The number of anilines is 1. The Morgan fingerprint density at radius 2 is 1.65 bits per heavy atom. The number of carbonyl (C=O) groups is 2. The fourth-order valence-corrected chi connectivity index (χ4v) is 4.29. The number of amides is 1. The maximum atomic E-state index is 13.4. The second-order valence-corrected chi connectivity index (χ2v) is 7.87. The molecular formula is C23H27N3O4S. The van der Waals surface area contributed by atoms with Crippen molar-refractivity contribution in [2.75, 3.05) is 45.3 Å².